The van der Waals surface area contributed by atoms with Gasteiger partial charge < -0.3 is 4.79 Å². The summed E-state index contributed by atoms with van der Waals surface area (Å²) in [6, 6.07) is 0. The predicted molar refractivity (Wildman–Crippen MR) is 77.4 cm³/mol. The molecule has 1 rings (SSSR count). The van der Waals surface area contributed by atoms with Crippen LogP contribution < -0.4 is 0 Å². The average molecular weight is 259 g/mol. The smallest absolute Gasteiger partial charge is 0.232 e. The fourth-order valence-corrected chi connectivity index (χ4v) is 1.62. The van der Waals surface area contributed by atoms with E-state index in [1.54, 1.807) is 13.0 Å². The number of nitrogens with zero attached hydrogens (tertiary/aromatic N) is 1. The summed E-state index contributed by atoms with van der Waals surface area (Å²) in [4.78, 5) is 24.7. The molecule has 3 nitrogen and oxygen atoms in total. The van der Waals surface area contributed by atoms with Crippen LogP contribution in [0.2, 0.25) is 0 Å². The van der Waals surface area contributed by atoms with Crippen molar-refractivity contribution in [1.29, 1.82) is 0 Å². The normalized spacial score (nSPS) is 14.7. The Bertz CT molecular complexity index is 473. The molecule has 0 bridgehead atoms. The fourth-order valence-electron chi connectivity index (χ4n) is 1.62. The molecular formula is C16H21NO2. The van der Waals surface area contributed by atoms with Crippen LogP contribution in [0.4, 0.5) is 0 Å². The SMILES string of the molecule is CC/C=C/C(C)=O.[C-]#[N+]C1=C(CC)C=C(C)CC1=O. The minimum Gasteiger partial charge on any atom is -0.307 e. The molecular weight excluding hydrogens is 238 g/mol. The van der Waals surface area contributed by atoms with Crippen LogP contribution in [0, 0.1) is 6.57 Å². The molecule has 0 saturated heterocycles. The molecule has 0 atom stereocenters. The van der Waals surface area contributed by atoms with Gasteiger partial charge in [0, 0.05) is 6.42 Å². The molecule has 0 spiro atoms. The summed E-state index contributed by atoms with van der Waals surface area (Å²) in [6.45, 7) is 14.3. The van der Waals surface area contributed by atoms with Gasteiger partial charge in [-0.05, 0) is 38.3 Å². The summed E-state index contributed by atoms with van der Waals surface area (Å²) in [7, 11) is 0. The van der Waals surface area contributed by atoms with Gasteiger partial charge in [-0.15, -0.1) is 0 Å². The summed E-state index contributed by atoms with van der Waals surface area (Å²) < 4.78 is 0. The van der Waals surface area contributed by atoms with Crippen molar-refractivity contribution in [3.63, 3.8) is 0 Å². The fraction of sp³-hybridized carbons (Fsp3) is 0.438. The highest BCUT2D eigenvalue weighted by Crippen LogP contribution is 2.23. The molecule has 19 heavy (non-hydrogen) atoms. The van der Waals surface area contributed by atoms with Gasteiger partial charge in [-0.3, -0.25) is 4.79 Å². The third kappa shape index (κ3) is 6.52. The molecule has 0 aliphatic heterocycles. The van der Waals surface area contributed by atoms with Crippen LogP contribution in [0.15, 0.2) is 35.1 Å². The van der Waals surface area contributed by atoms with E-state index in [0.717, 1.165) is 24.0 Å². The van der Waals surface area contributed by atoms with Crippen molar-refractivity contribution in [3.05, 3.63) is 46.5 Å². The Balaban J connectivity index is 0.000000399. The molecule has 0 N–H and O–H groups in total. The summed E-state index contributed by atoms with van der Waals surface area (Å²) in [5, 5.41) is 0. The van der Waals surface area contributed by atoms with E-state index < -0.39 is 0 Å². The number of allylic oxidation sites excluding steroid dienone is 6. The molecule has 102 valence electrons. The van der Waals surface area contributed by atoms with Gasteiger partial charge in [-0.2, -0.15) is 0 Å². The summed E-state index contributed by atoms with van der Waals surface area (Å²) >= 11 is 0. The van der Waals surface area contributed by atoms with Crippen LogP contribution in [-0.2, 0) is 9.59 Å². The maximum absolute atomic E-state index is 11.3. The molecule has 0 aromatic carbocycles. The van der Waals surface area contributed by atoms with Crippen molar-refractivity contribution >= 4 is 11.6 Å². The first-order chi connectivity index (χ1) is 8.96. The van der Waals surface area contributed by atoms with Crippen molar-refractivity contribution in [2.45, 2.75) is 47.0 Å². The maximum atomic E-state index is 11.3. The van der Waals surface area contributed by atoms with E-state index in [-0.39, 0.29) is 11.6 Å². The summed E-state index contributed by atoms with van der Waals surface area (Å²) in [5.74, 6) is 0.101. The van der Waals surface area contributed by atoms with Gasteiger partial charge in [0.2, 0.25) is 5.70 Å². The van der Waals surface area contributed by atoms with E-state index >= 15 is 0 Å². The number of hydrogen-bond acceptors (Lipinski definition) is 2. The zero-order valence-electron chi connectivity index (χ0n) is 12.1. The lowest BCUT2D eigenvalue weighted by atomic mass is 9.95. The number of ketones is 2. The van der Waals surface area contributed by atoms with Crippen molar-refractivity contribution in [2.75, 3.05) is 0 Å². The van der Waals surface area contributed by atoms with E-state index in [9.17, 15) is 9.59 Å². The van der Waals surface area contributed by atoms with E-state index in [1.807, 2.05) is 32.9 Å². The molecule has 0 unspecified atom stereocenters. The topological polar surface area (TPSA) is 38.5 Å². The maximum Gasteiger partial charge on any atom is 0.232 e. The molecule has 0 radical (unpaired) electrons. The lowest BCUT2D eigenvalue weighted by Gasteiger charge is -2.11. The molecule has 0 fully saturated rings. The lowest BCUT2D eigenvalue weighted by Crippen LogP contribution is -2.07. The zero-order valence-corrected chi connectivity index (χ0v) is 12.1. The second-order valence-electron chi connectivity index (χ2n) is 4.35. The van der Waals surface area contributed by atoms with E-state index in [2.05, 4.69) is 4.85 Å². The minimum atomic E-state index is -0.0261. The Morgan fingerprint density at radius 1 is 1.47 bits per heavy atom. The van der Waals surface area contributed by atoms with Gasteiger partial charge in [0.15, 0.2) is 11.6 Å². The first-order valence-electron chi connectivity index (χ1n) is 6.44. The number of carbonyl (C=O) groups is 2. The molecule has 0 aromatic heterocycles. The molecule has 0 saturated carbocycles. The van der Waals surface area contributed by atoms with Crippen molar-refractivity contribution in [1.82, 2.24) is 0 Å². The van der Waals surface area contributed by atoms with Crippen molar-refractivity contribution in [3.8, 4) is 0 Å². The van der Waals surface area contributed by atoms with Crippen LogP contribution in [-0.4, -0.2) is 11.6 Å². The second kappa shape index (κ2) is 9.04. The Kier molecular flexibility index (Phi) is 8.12. The molecule has 1 aliphatic rings. The first kappa shape index (κ1) is 17.1. The highest BCUT2D eigenvalue weighted by Gasteiger charge is 2.18. The Labute approximate surface area is 115 Å². The Morgan fingerprint density at radius 2 is 2.11 bits per heavy atom. The van der Waals surface area contributed by atoms with Crippen molar-refractivity contribution < 1.29 is 9.59 Å². The molecule has 0 aromatic rings. The molecule has 0 amide bonds. The van der Waals surface area contributed by atoms with Crippen LogP contribution in [0.1, 0.15) is 47.0 Å². The van der Waals surface area contributed by atoms with Crippen LogP contribution in [0.5, 0.6) is 0 Å². The Hall–Kier alpha value is -1.95. The van der Waals surface area contributed by atoms with Gasteiger partial charge in [-0.25, -0.2) is 4.85 Å². The largest absolute Gasteiger partial charge is 0.307 e. The molecule has 1 aliphatic carbocycles. The zero-order chi connectivity index (χ0) is 14.8. The second-order valence-corrected chi connectivity index (χ2v) is 4.35. The molecule has 0 heterocycles. The van der Waals surface area contributed by atoms with Crippen molar-refractivity contribution in [2.24, 2.45) is 0 Å². The average Bonchev–Trinajstić information content (AvgIpc) is 2.36. The van der Waals surface area contributed by atoms with Gasteiger partial charge >= 0.3 is 0 Å². The van der Waals surface area contributed by atoms with E-state index in [1.165, 1.54) is 0 Å². The lowest BCUT2D eigenvalue weighted by molar-refractivity contribution is -0.115. The standard InChI is InChI=1S/C10H11NO.C6H10O/c1-4-8-5-7(2)6-9(12)10(8)11-3;1-3-4-5-6(2)7/h5H,4,6H2,1-2H3;4-5H,3H2,1-2H3/b;5-4+. The van der Waals surface area contributed by atoms with Crippen LogP contribution in [0.25, 0.3) is 4.85 Å². The highest BCUT2D eigenvalue weighted by atomic mass is 16.1. The predicted octanol–water partition coefficient (Wildman–Crippen LogP) is 4.03. The van der Waals surface area contributed by atoms with Gasteiger partial charge in [0.05, 0.1) is 6.57 Å². The monoisotopic (exact) mass is 259 g/mol. The minimum absolute atomic E-state index is 0.0261. The third-order valence-corrected chi connectivity index (χ3v) is 2.51. The van der Waals surface area contributed by atoms with Gasteiger partial charge in [-0.1, -0.05) is 31.6 Å². The number of rotatable bonds is 3. The number of carbonyl (C=O) groups excluding carboxylic acids is 2. The third-order valence-electron chi connectivity index (χ3n) is 2.51. The van der Waals surface area contributed by atoms with E-state index in [0.29, 0.717) is 12.1 Å². The van der Waals surface area contributed by atoms with Gasteiger partial charge in [0.25, 0.3) is 0 Å². The quantitative estimate of drug-likeness (QED) is 0.567. The van der Waals surface area contributed by atoms with Crippen LogP contribution >= 0.6 is 0 Å². The number of hydrogen-bond donors (Lipinski definition) is 0. The Morgan fingerprint density at radius 3 is 2.47 bits per heavy atom. The summed E-state index contributed by atoms with van der Waals surface area (Å²) in [5.41, 5.74) is 2.28. The van der Waals surface area contributed by atoms with Crippen LogP contribution in [0.3, 0.4) is 0 Å². The first-order valence-corrected chi connectivity index (χ1v) is 6.44. The van der Waals surface area contributed by atoms with E-state index in [4.69, 9.17) is 6.57 Å². The summed E-state index contributed by atoms with van der Waals surface area (Å²) in [6.07, 6.45) is 7.51. The highest BCUT2D eigenvalue weighted by molar-refractivity contribution is 6.00. The number of Topliss-reactive ketones (excluding diaryl/α,β-unsaturated/α-hetero) is 1. The molecule has 3 heteroatoms. The van der Waals surface area contributed by atoms with Gasteiger partial charge in [0.1, 0.15) is 0 Å².